The van der Waals surface area contributed by atoms with E-state index in [2.05, 4.69) is 5.32 Å². The Morgan fingerprint density at radius 2 is 1.86 bits per heavy atom. The zero-order chi connectivity index (χ0) is 26.5. The highest BCUT2D eigenvalue weighted by Gasteiger charge is 2.25. The molecule has 0 radical (unpaired) electrons. The maximum atomic E-state index is 13.0. The van der Waals surface area contributed by atoms with E-state index in [4.69, 9.17) is 9.84 Å². The number of fused-ring (bicyclic) bond motifs is 1. The number of nitrogens with one attached hydrogen (secondary N) is 1. The lowest BCUT2D eigenvalue weighted by Gasteiger charge is -2.21. The van der Waals surface area contributed by atoms with E-state index < -0.39 is 5.97 Å². The summed E-state index contributed by atoms with van der Waals surface area (Å²) in [4.78, 5) is 40.3. The molecule has 1 unspecified atom stereocenters. The van der Waals surface area contributed by atoms with Gasteiger partial charge in [0.1, 0.15) is 5.75 Å². The normalized spacial score (nSPS) is 13.0. The van der Waals surface area contributed by atoms with Crippen LogP contribution in [0.25, 0.3) is 0 Å². The van der Waals surface area contributed by atoms with Crippen molar-refractivity contribution in [1.82, 2.24) is 0 Å². The monoisotopic (exact) mass is 501 g/mol. The fraction of sp³-hybridized carbons (Fsp3) is 0.276. The second kappa shape index (κ2) is 11.2. The van der Waals surface area contributed by atoms with Crippen molar-refractivity contribution in [3.05, 3.63) is 83.4 Å². The summed E-state index contributed by atoms with van der Waals surface area (Å²) >= 11 is 0. The molecule has 1 aliphatic heterocycles. The number of hydrogen-bond donors (Lipinski definition) is 2. The van der Waals surface area contributed by atoms with E-state index in [1.54, 1.807) is 35.0 Å². The maximum Gasteiger partial charge on any atom is 0.326 e. The van der Waals surface area contributed by atoms with Crippen molar-refractivity contribution >= 4 is 35.0 Å². The van der Waals surface area contributed by atoms with Crippen molar-refractivity contribution in [2.45, 2.75) is 32.1 Å². The minimum atomic E-state index is -0.860. The molecule has 0 spiro atoms. The van der Waals surface area contributed by atoms with Crippen LogP contribution < -0.4 is 19.9 Å². The molecule has 2 N–H and O–H groups in total. The van der Waals surface area contributed by atoms with E-state index >= 15 is 0 Å². The van der Waals surface area contributed by atoms with E-state index in [0.717, 1.165) is 28.8 Å². The van der Waals surface area contributed by atoms with Crippen LogP contribution in [0, 0.1) is 0 Å². The number of carbonyl (C=O) groups excluding carboxylic acids is 2. The fourth-order valence-electron chi connectivity index (χ4n) is 4.54. The number of nitrogens with zero attached hydrogens (tertiary/aromatic N) is 2. The fourth-order valence-corrected chi connectivity index (χ4v) is 4.54. The zero-order valence-electron chi connectivity index (χ0n) is 21.2. The molecule has 192 valence electrons. The molecule has 0 fully saturated rings. The van der Waals surface area contributed by atoms with Gasteiger partial charge in [-0.1, -0.05) is 43.3 Å². The van der Waals surface area contributed by atoms with Gasteiger partial charge in [-0.3, -0.25) is 14.5 Å². The first-order chi connectivity index (χ1) is 17.8. The van der Waals surface area contributed by atoms with Crippen LogP contribution in [-0.2, 0) is 22.4 Å². The van der Waals surface area contributed by atoms with Gasteiger partial charge in [0.15, 0.2) is 0 Å². The topological polar surface area (TPSA) is 99.2 Å². The van der Waals surface area contributed by atoms with Crippen LogP contribution in [0.1, 0.15) is 36.0 Å². The Balaban J connectivity index is 1.43. The van der Waals surface area contributed by atoms with Crippen LogP contribution in [0.5, 0.6) is 5.75 Å². The quantitative estimate of drug-likeness (QED) is 0.449. The van der Waals surface area contributed by atoms with Crippen molar-refractivity contribution in [2.75, 3.05) is 35.8 Å². The number of carbonyl (C=O) groups is 3. The number of carboxylic acids is 1. The molecular weight excluding hydrogens is 470 g/mol. The summed E-state index contributed by atoms with van der Waals surface area (Å²) in [5.41, 5.74) is 4.88. The van der Waals surface area contributed by atoms with Crippen molar-refractivity contribution in [2.24, 2.45) is 0 Å². The molecule has 3 amide bonds. The first-order valence-electron chi connectivity index (χ1n) is 12.2. The van der Waals surface area contributed by atoms with Crippen LogP contribution in [0.15, 0.2) is 66.7 Å². The minimum Gasteiger partial charge on any atom is -0.495 e. The SMILES string of the molecule is COc1cc(CC(=O)N(C)c2cccc(C(C)CC(=O)O)c2)ccc1NC(=O)N1CCc2ccccc21. The molecule has 37 heavy (non-hydrogen) atoms. The Morgan fingerprint density at radius 3 is 2.62 bits per heavy atom. The summed E-state index contributed by atoms with van der Waals surface area (Å²) < 4.78 is 5.51. The van der Waals surface area contributed by atoms with Crippen LogP contribution in [0.4, 0.5) is 21.9 Å². The lowest BCUT2D eigenvalue weighted by atomic mass is 9.97. The molecule has 0 aromatic heterocycles. The molecule has 0 aliphatic carbocycles. The molecule has 3 aromatic carbocycles. The number of rotatable bonds is 8. The number of amides is 3. The molecule has 8 heteroatoms. The molecule has 0 bridgehead atoms. The van der Waals surface area contributed by atoms with Gasteiger partial charge in [-0.2, -0.15) is 0 Å². The van der Waals surface area contributed by atoms with Crippen molar-refractivity contribution in [1.29, 1.82) is 0 Å². The molecule has 1 heterocycles. The first kappa shape index (κ1) is 25.8. The van der Waals surface area contributed by atoms with E-state index in [1.807, 2.05) is 55.5 Å². The Hall–Kier alpha value is -4.33. The number of urea groups is 1. The Morgan fingerprint density at radius 1 is 1.08 bits per heavy atom. The second-order valence-electron chi connectivity index (χ2n) is 9.22. The summed E-state index contributed by atoms with van der Waals surface area (Å²) in [5, 5.41) is 12.0. The van der Waals surface area contributed by atoms with Crippen LogP contribution in [0.3, 0.4) is 0 Å². The van der Waals surface area contributed by atoms with Crippen molar-refractivity contribution in [3.8, 4) is 5.75 Å². The summed E-state index contributed by atoms with van der Waals surface area (Å²) in [6, 6.07) is 20.3. The molecule has 4 rings (SSSR count). The largest absolute Gasteiger partial charge is 0.495 e. The molecule has 1 atom stereocenters. The minimum absolute atomic E-state index is 0.0219. The molecule has 0 saturated heterocycles. The summed E-state index contributed by atoms with van der Waals surface area (Å²) in [7, 11) is 3.22. The lowest BCUT2D eigenvalue weighted by Crippen LogP contribution is -2.33. The van der Waals surface area contributed by atoms with Gasteiger partial charge < -0.3 is 20.1 Å². The summed E-state index contributed by atoms with van der Waals surface area (Å²) in [5.74, 6) is -0.683. The second-order valence-corrected chi connectivity index (χ2v) is 9.22. The molecule has 8 nitrogen and oxygen atoms in total. The number of hydrogen-bond acceptors (Lipinski definition) is 4. The summed E-state index contributed by atoms with van der Waals surface area (Å²) in [6.07, 6.45) is 0.972. The van der Waals surface area contributed by atoms with Gasteiger partial charge in [-0.15, -0.1) is 0 Å². The lowest BCUT2D eigenvalue weighted by molar-refractivity contribution is -0.137. The van der Waals surface area contributed by atoms with E-state index in [-0.39, 0.29) is 30.7 Å². The Labute approximate surface area is 216 Å². The average Bonchev–Trinajstić information content (AvgIpc) is 3.33. The van der Waals surface area contributed by atoms with E-state index in [1.165, 1.54) is 7.11 Å². The van der Waals surface area contributed by atoms with Crippen molar-refractivity contribution < 1.29 is 24.2 Å². The first-order valence-corrected chi connectivity index (χ1v) is 12.2. The highest BCUT2D eigenvalue weighted by atomic mass is 16.5. The van der Waals surface area contributed by atoms with Gasteiger partial charge >= 0.3 is 12.0 Å². The van der Waals surface area contributed by atoms with Crippen LogP contribution in [0.2, 0.25) is 0 Å². The molecule has 1 aliphatic rings. The zero-order valence-corrected chi connectivity index (χ0v) is 21.2. The van der Waals surface area contributed by atoms with Gasteiger partial charge in [0.25, 0.3) is 0 Å². The highest BCUT2D eigenvalue weighted by molar-refractivity contribution is 6.04. The predicted molar refractivity (Wildman–Crippen MR) is 144 cm³/mol. The van der Waals surface area contributed by atoms with E-state index in [0.29, 0.717) is 23.7 Å². The van der Waals surface area contributed by atoms with Crippen LogP contribution in [-0.4, -0.2) is 43.7 Å². The molecular formula is C29H31N3O5. The number of para-hydroxylation sites is 1. The number of carboxylic acid groups (broad SMARTS) is 1. The molecule has 0 saturated carbocycles. The van der Waals surface area contributed by atoms with Gasteiger partial charge in [0.05, 0.1) is 25.6 Å². The van der Waals surface area contributed by atoms with Crippen LogP contribution >= 0.6 is 0 Å². The number of likely N-dealkylation sites (N-methyl/N-ethyl adjacent to an activating group) is 1. The third-order valence-corrected chi connectivity index (χ3v) is 6.68. The summed E-state index contributed by atoms with van der Waals surface area (Å²) in [6.45, 7) is 2.47. The van der Waals surface area contributed by atoms with E-state index in [9.17, 15) is 14.4 Å². The third-order valence-electron chi connectivity index (χ3n) is 6.68. The predicted octanol–water partition coefficient (Wildman–Crippen LogP) is 5.07. The van der Waals surface area contributed by atoms with Gasteiger partial charge in [-0.25, -0.2) is 4.79 Å². The smallest absolute Gasteiger partial charge is 0.326 e. The highest BCUT2D eigenvalue weighted by Crippen LogP contribution is 2.31. The Bertz CT molecular complexity index is 1320. The Kier molecular flexibility index (Phi) is 7.77. The number of methoxy groups -OCH3 is 1. The number of benzene rings is 3. The van der Waals surface area contributed by atoms with Gasteiger partial charge in [0, 0.05) is 25.0 Å². The number of ether oxygens (including phenoxy) is 1. The standard InChI is InChI=1S/C29H31N3O5/c1-19(15-28(34)35)22-8-6-9-23(18-22)31(2)27(33)17-20-11-12-24(26(16-20)37-3)30-29(36)32-14-13-21-7-4-5-10-25(21)32/h4-12,16,18-19H,13-15,17H2,1-3H3,(H,30,36)(H,34,35). The third kappa shape index (κ3) is 5.91. The number of aliphatic carboxylic acids is 1. The van der Waals surface area contributed by atoms with Gasteiger partial charge in [0.2, 0.25) is 5.91 Å². The maximum absolute atomic E-state index is 13.0. The number of anilines is 3. The molecule has 3 aromatic rings. The average molecular weight is 502 g/mol. The van der Waals surface area contributed by atoms with Crippen molar-refractivity contribution in [3.63, 3.8) is 0 Å². The van der Waals surface area contributed by atoms with Gasteiger partial charge in [-0.05, 0) is 59.4 Å².